The Morgan fingerprint density at radius 2 is 1.86 bits per heavy atom. The standard InChI is InChI=1S/C22H27N3O3/c26-21(20-9-6-14-28-20)23-19(15-17-7-2-1-3-8-17)22(27)25-13-10-18(16-25)24-11-4-5-12-24/h1-3,6-9,14,18-19H,4-5,10-13,15-16H2,(H,23,26). The van der Waals surface area contributed by atoms with Gasteiger partial charge >= 0.3 is 0 Å². The Labute approximate surface area is 165 Å². The molecule has 4 rings (SSSR count). The lowest BCUT2D eigenvalue weighted by Gasteiger charge is -2.26. The molecular weight excluding hydrogens is 354 g/mol. The fourth-order valence-electron chi connectivity index (χ4n) is 4.25. The Morgan fingerprint density at radius 1 is 1.07 bits per heavy atom. The van der Waals surface area contributed by atoms with Crippen molar-refractivity contribution in [2.24, 2.45) is 0 Å². The quantitative estimate of drug-likeness (QED) is 0.834. The molecule has 1 aromatic carbocycles. The van der Waals surface area contributed by atoms with Gasteiger partial charge in [0.15, 0.2) is 5.76 Å². The van der Waals surface area contributed by atoms with Gasteiger partial charge in [-0.15, -0.1) is 0 Å². The van der Waals surface area contributed by atoms with Crippen molar-refractivity contribution in [2.45, 2.75) is 37.8 Å². The molecule has 2 fully saturated rings. The summed E-state index contributed by atoms with van der Waals surface area (Å²) in [5, 5.41) is 2.89. The number of benzene rings is 1. The molecule has 0 bridgehead atoms. The van der Waals surface area contributed by atoms with E-state index in [1.54, 1.807) is 12.1 Å². The summed E-state index contributed by atoms with van der Waals surface area (Å²) >= 11 is 0. The average Bonchev–Trinajstić information content (AvgIpc) is 3.49. The summed E-state index contributed by atoms with van der Waals surface area (Å²) in [5.74, 6) is -0.137. The number of carbonyl (C=O) groups is 2. The molecule has 2 unspecified atom stereocenters. The molecule has 28 heavy (non-hydrogen) atoms. The largest absolute Gasteiger partial charge is 0.459 e. The fraction of sp³-hybridized carbons (Fsp3) is 0.455. The first-order chi connectivity index (χ1) is 13.7. The van der Waals surface area contributed by atoms with Crippen LogP contribution in [0.5, 0.6) is 0 Å². The van der Waals surface area contributed by atoms with Gasteiger partial charge in [-0.25, -0.2) is 0 Å². The second-order valence-corrected chi connectivity index (χ2v) is 7.66. The summed E-state index contributed by atoms with van der Waals surface area (Å²) < 4.78 is 5.19. The summed E-state index contributed by atoms with van der Waals surface area (Å²) in [6.45, 7) is 3.77. The predicted molar refractivity (Wildman–Crippen MR) is 106 cm³/mol. The lowest BCUT2D eigenvalue weighted by Crippen LogP contribution is -2.49. The van der Waals surface area contributed by atoms with Gasteiger partial charge in [0, 0.05) is 25.6 Å². The first-order valence-electron chi connectivity index (χ1n) is 10.1. The van der Waals surface area contributed by atoms with Gasteiger partial charge in [-0.05, 0) is 50.0 Å². The summed E-state index contributed by atoms with van der Waals surface area (Å²) in [5.41, 5.74) is 1.02. The van der Waals surface area contributed by atoms with Gasteiger partial charge in [0.25, 0.3) is 5.91 Å². The Hall–Kier alpha value is -2.60. The number of likely N-dealkylation sites (tertiary alicyclic amines) is 2. The van der Waals surface area contributed by atoms with Crippen molar-refractivity contribution in [1.29, 1.82) is 0 Å². The highest BCUT2D eigenvalue weighted by Crippen LogP contribution is 2.21. The van der Waals surface area contributed by atoms with Crippen LogP contribution in [0.3, 0.4) is 0 Å². The maximum Gasteiger partial charge on any atom is 0.287 e. The molecule has 6 nitrogen and oxygen atoms in total. The number of hydrogen-bond acceptors (Lipinski definition) is 4. The molecule has 2 aromatic rings. The van der Waals surface area contributed by atoms with E-state index >= 15 is 0 Å². The van der Waals surface area contributed by atoms with E-state index in [-0.39, 0.29) is 17.6 Å². The number of amides is 2. The molecule has 0 spiro atoms. The molecule has 2 amide bonds. The second-order valence-electron chi connectivity index (χ2n) is 7.66. The second kappa shape index (κ2) is 8.61. The van der Waals surface area contributed by atoms with Crippen LogP contribution in [0.2, 0.25) is 0 Å². The third-order valence-electron chi connectivity index (χ3n) is 5.76. The number of nitrogens with one attached hydrogen (secondary N) is 1. The minimum atomic E-state index is -0.600. The van der Waals surface area contributed by atoms with E-state index < -0.39 is 6.04 Å². The monoisotopic (exact) mass is 381 g/mol. The zero-order valence-electron chi connectivity index (χ0n) is 16.0. The van der Waals surface area contributed by atoms with Gasteiger partial charge in [0.2, 0.25) is 5.91 Å². The summed E-state index contributed by atoms with van der Waals surface area (Å²) in [4.78, 5) is 30.2. The topological polar surface area (TPSA) is 65.8 Å². The molecule has 148 valence electrons. The molecule has 2 saturated heterocycles. The van der Waals surface area contributed by atoms with Crippen molar-refractivity contribution in [3.05, 3.63) is 60.1 Å². The molecule has 2 aliphatic heterocycles. The van der Waals surface area contributed by atoms with Crippen molar-refractivity contribution in [3.8, 4) is 0 Å². The van der Waals surface area contributed by atoms with E-state index in [0.717, 1.165) is 38.2 Å². The predicted octanol–water partition coefficient (Wildman–Crippen LogP) is 2.32. The van der Waals surface area contributed by atoms with Gasteiger partial charge in [-0.2, -0.15) is 0 Å². The van der Waals surface area contributed by atoms with Crippen molar-refractivity contribution < 1.29 is 14.0 Å². The van der Waals surface area contributed by atoms with Gasteiger partial charge in [0.1, 0.15) is 6.04 Å². The van der Waals surface area contributed by atoms with Crippen LogP contribution >= 0.6 is 0 Å². The maximum atomic E-state index is 13.3. The molecule has 0 radical (unpaired) electrons. The van der Waals surface area contributed by atoms with E-state index in [4.69, 9.17) is 4.42 Å². The highest BCUT2D eigenvalue weighted by molar-refractivity contribution is 5.95. The molecule has 1 aromatic heterocycles. The van der Waals surface area contributed by atoms with E-state index in [2.05, 4.69) is 10.2 Å². The van der Waals surface area contributed by atoms with Crippen LogP contribution in [0.4, 0.5) is 0 Å². The van der Waals surface area contributed by atoms with Crippen LogP contribution in [0.25, 0.3) is 0 Å². The van der Waals surface area contributed by atoms with Crippen LogP contribution < -0.4 is 5.32 Å². The molecule has 0 aliphatic carbocycles. The normalized spacial score (nSPS) is 21.0. The number of rotatable bonds is 6. The number of furan rings is 1. The van der Waals surface area contributed by atoms with Gasteiger partial charge in [-0.3, -0.25) is 14.5 Å². The number of nitrogens with zero attached hydrogens (tertiary/aromatic N) is 2. The van der Waals surface area contributed by atoms with E-state index in [0.29, 0.717) is 12.5 Å². The minimum Gasteiger partial charge on any atom is -0.459 e. The first kappa shape index (κ1) is 18.7. The first-order valence-corrected chi connectivity index (χ1v) is 10.1. The van der Waals surface area contributed by atoms with E-state index in [9.17, 15) is 9.59 Å². The number of carbonyl (C=O) groups excluding carboxylic acids is 2. The zero-order valence-corrected chi connectivity index (χ0v) is 16.0. The molecule has 2 atom stereocenters. The van der Waals surface area contributed by atoms with E-state index in [1.807, 2.05) is 35.2 Å². The summed E-state index contributed by atoms with van der Waals surface area (Å²) in [6, 6.07) is 12.9. The Kier molecular flexibility index (Phi) is 5.76. The Balaban J connectivity index is 1.45. The lowest BCUT2D eigenvalue weighted by atomic mass is 10.0. The SMILES string of the molecule is O=C(NC(Cc1ccccc1)C(=O)N1CCC(N2CCCC2)C1)c1ccco1. The highest BCUT2D eigenvalue weighted by Gasteiger charge is 2.35. The van der Waals surface area contributed by atoms with Crippen LogP contribution in [-0.2, 0) is 11.2 Å². The maximum absolute atomic E-state index is 13.3. The average molecular weight is 381 g/mol. The lowest BCUT2D eigenvalue weighted by molar-refractivity contribution is -0.132. The van der Waals surface area contributed by atoms with Crippen LogP contribution in [0.15, 0.2) is 53.1 Å². The zero-order chi connectivity index (χ0) is 19.3. The van der Waals surface area contributed by atoms with Crippen LogP contribution in [0, 0.1) is 0 Å². The molecule has 3 heterocycles. The van der Waals surface area contributed by atoms with Crippen LogP contribution in [-0.4, -0.2) is 59.9 Å². The van der Waals surface area contributed by atoms with Crippen molar-refractivity contribution in [2.75, 3.05) is 26.2 Å². The van der Waals surface area contributed by atoms with Gasteiger partial charge in [-0.1, -0.05) is 30.3 Å². The van der Waals surface area contributed by atoms with Gasteiger partial charge in [0.05, 0.1) is 6.26 Å². The van der Waals surface area contributed by atoms with Crippen LogP contribution in [0.1, 0.15) is 35.4 Å². The molecule has 0 saturated carbocycles. The third kappa shape index (κ3) is 4.28. The fourth-order valence-corrected chi connectivity index (χ4v) is 4.25. The van der Waals surface area contributed by atoms with Crippen molar-refractivity contribution in [3.63, 3.8) is 0 Å². The smallest absolute Gasteiger partial charge is 0.287 e. The molecule has 1 N–H and O–H groups in total. The van der Waals surface area contributed by atoms with Crippen molar-refractivity contribution >= 4 is 11.8 Å². The summed E-state index contributed by atoms with van der Waals surface area (Å²) in [7, 11) is 0. The number of hydrogen-bond donors (Lipinski definition) is 1. The van der Waals surface area contributed by atoms with E-state index in [1.165, 1.54) is 19.1 Å². The Morgan fingerprint density at radius 3 is 2.57 bits per heavy atom. The van der Waals surface area contributed by atoms with Crippen molar-refractivity contribution in [1.82, 2.24) is 15.1 Å². The molecule has 2 aliphatic rings. The van der Waals surface area contributed by atoms with Gasteiger partial charge < -0.3 is 14.6 Å². The molecular formula is C22H27N3O3. The Bertz CT molecular complexity index is 785. The third-order valence-corrected chi connectivity index (χ3v) is 5.76. The minimum absolute atomic E-state index is 0.00884. The highest BCUT2D eigenvalue weighted by atomic mass is 16.3. The molecule has 6 heteroatoms. The summed E-state index contributed by atoms with van der Waals surface area (Å²) in [6.07, 6.45) is 5.44.